The van der Waals surface area contributed by atoms with Crippen LogP contribution in [0, 0.1) is 0 Å². The molecule has 2 rings (SSSR count). The fourth-order valence-electron chi connectivity index (χ4n) is 1.72. The highest BCUT2D eigenvalue weighted by molar-refractivity contribution is 7.16. The van der Waals surface area contributed by atoms with Gasteiger partial charge in [0.05, 0.1) is 5.56 Å². The van der Waals surface area contributed by atoms with Gasteiger partial charge in [-0.15, -0.1) is 11.3 Å². The van der Waals surface area contributed by atoms with E-state index in [1.165, 1.54) is 0 Å². The van der Waals surface area contributed by atoms with Crippen molar-refractivity contribution in [3.8, 4) is 10.4 Å². The fourth-order valence-corrected chi connectivity index (χ4v) is 2.94. The minimum atomic E-state index is -0.861. The molecule has 1 heterocycles. The van der Waals surface area contributed by atoms with Gasteiger partial charge in [0.25, 0.3) is 0 Å². The Bertz CT molecular complexity index is 562. The van der Waals surface area contributed by atoms with Crippen molar-refractivity contribution in [2.24, 2.45) is 0 Å². The lowest BCUT2D eigenvalue weighted by Crippen LogP contribution is -2.08. The number of rotatable bonds is 2. The molecule has 0 aliphatic rings. The van der Waals surface area contributed by atoms with Crippen molar-refractivity contribution in [3.63, 3.8) is 0 Å². The minimum absolute atomic E-state index is 0.0259. The van der Waals surface area contributed by atoms with Gasteiger partial charge in [-0.05, 0) is 17.0 Å². The Kier molecular flexibility index (Phi) is 3.26. The zero-order valence-electron chi connectivity index (χ0n) is 10.7. The molecule has 94 valence electrons. The van der Waals surface area contributed by atoms with E-state index in [-0.39, 0.29) is 5.41 Å². The van der Waals surface area contributed by atoms with E-state index in [0.717, 1.165) is 15.3 Å². The number of thiophene rings is 1. The zero-order chi connectivity index (χ0) is 13.3. The molecule has 0 unspecified atom stereocenters. The molecule has 0 saturated carbocycles. The fraction of sp³-hybridized carbons (Fsp3) is 0.267. The summed E-state index contributed by atoms with van der Waals surface area (Å²) >= 11 is 1.57. The molecule has 0 aliphatic carbocycles. The third-order valence-electron chi connectivity index (χ3n) is 2.74. The predicted octanol–water partition coefficient (Wildman–Crippen LogP) is 4.41. The number of hydrogen-bond acceptors (Lipinski definition) is 2. The molecule has 3 heteroatoms. The van der Waals surface area contributed by atoms with E-state index in [2.05, 4.69) is 20.8 Å². The van der Waals surface area contributed by atoms with Crippen LogP contribution in [-0.4, -0.2) is 11.1 Å². The first kappa shape index (κ1) is 12.8. The molecule has 0 saturated heterocycles. The van der Waals surface area contributed by atoms with Crippen molar-refractivity contribution in [1.29, 1.82) is 0 Å². The topological polar surface area (TPSA) is 37.3 Å². The molecule has 2 aromatic rings. The van der Waals surface area contributed by atoms with Crippen LogP contribution in [0.1, 0.15) is 36.0 Å². The molecule has 0 amide bonds. The van der Waals surface area contributed by atoms with Gasteiger partial charge in [-0.3, -0.25) is 0 Å². The summed E-state index contributed by atoms with van der Waals surface area (Å²) < 4.78 is 0. The van der Waals surface area contributed by atoms with Gasteiger partial charge in [0.15, 0.2) is 0 Å². The van der Waals surface area contributed by atoms with Crippen LogP contribution in [0.15, 0.2) is 36.4 Å². The largest absolute Gasteiger partial charge is 0.478 e. The van der Waals surface area contributed by atoms with Gasteiger partial charge in [-0.1, -0.05) is 51.1 Å². The molecule has 0 atom stereocenters. The van der Waals surface area contributed by atoms with Gasteiger partial charge in [-0.2, -0.15) is 0 Å². The van der Waals surface area contributed by atoms with Crippen LogP contribution in [0.25, 0.3) is 10.4 Å². The summed E-state index contributed by atoms with van der Waals surface area (Å²) in [6.07, 6.45) is 0. The molecule has 0 radical (unpaired) electrons. The summed E-state index contributed by atoms with van der Waals surface area (Å²) in [6, 6.07) is 11.5. The first-order valence-electron chi connectivity index (χ1n) is 5.82. The van der Waals surface area contributed by atoms with Crippen LogP contribution in [0.5, 0.6) is 0 Å². The highest BCUT2D eigenvalue weighted by Gasteiger charge is 2.23. The molecule has 0 aliphatic heterocycles. The minimum Gasteiger partial charge on any atom is -0.478 e. The summed E-state index contributed by atoms with van der Waals surface area (Å²) in [6.45, 7) is 6.29. The van der Waals surface area contributed by atoms with E-state index in [9.17, 15) is 9.90 Å². The average Bonchev–Trinajstić information content (AvgIpc) is 2.74. The highest BCUT2D eigenvalue weighted by Crippen LogP contribution is 2.38. The van der Waals surface area contributed by atoms with Crippen LogP contribution < -0.4 is 0 Å². The molecule has 18 heavy (non-hydrogen) atoms. The van der Waals surface area contributed by atoms with Gasteiger partial charge in [-0.25, -0.2) is 4.79 Å². The molecule has 1 aromatic heterocycles. The van der Waals surface area contributed by atoms with E-state index >= 15 is 0 Å². The second-order valence-electron chi connectivity index (χ2n) is 5.27. The van der Waals surface area contributed by atoms with Crippen LogP contribution in [-0.2, 0) is 5.41 Å². The molecule has 0 spiro atoms. The maximum Gasteiger partial charge on any atom is 0.337 e. The monoisotopic (exact) mass is 260 g/mol. The van der Waals surface area contributed by atoms with Crippen molar-refractivity contribution in [1.82, 2.24) is 0 Å². The lowest BCUT2D eigenvalue weighted by molar-refractivity contribution is 0.0698. The van der Waals surface area contributed by atoms with Crippen molar-refractivity contribution >= 4 is 17.3 Å². The molecule has 0 bridgehead atoms. The molecular formula is C15H16O2S. The van der Waals surface area contributed by atoms with Gasteiger partial charge in [0, 0.05) is 9.75 Å². The summed E-state index contributed by atoms with van der Waals surface area (Å²) in [5.74, 6) is -0.861. The first-order valence-corrected chi connectivity index (χ1v) is 6.64. The van der Waals surface area contributed by atoms with E-state index in [1.807, 2.05) is 30.3 Å². The van der Waals surface area contributed by atoms with E-state index in [0.29, 0.717) is 5.56 Å². The maximum atomic E-state index is 11.3. The second kappa shape index (κ2) is 4.58. The van der Waals surface area contributed by atoms with E-state index in [4.69, 9.17) is 0 Å². The van der Waals surface area contributed by atoms with E-state index in [1.54, 1.807) is 17.4 Å². The number of benzene rings is 1. The van der Waals surface area contributed by atoms with Gasteiger partial charge < -0.3 is 5.11 Å². The standard InChI is InChI=1S/C15H16O2S/c1-15(2,3)12-9-11(14(16)17)13(18-12)10-7-5-4-6-8-10/h4-9H,1-3H3,(H,16,17). The van der Waals surface area contributed by atoms with Gasteiger partial charge in [0.1, 0.15) is 0 Å². The number of carboxylic acids is 1. The molecule has 2 nitrogen and oxygen atoms in total. The zero-order valence-corrected chi connectivity index (χ0v) is 11.5. The van der Waals surface area contributed by atoms with Crippen LogP contribution in [0.4, 0.5) is 0 Å². The Morgan fingerprint density at radius 2 is 1.78 bits per heavy atom. The molecule has 1 aromatic carbocycles. The Morgan fingerprint density at radius 3 is 2.28 bits per heavy atom. The molecular weight excluding hydrogens is 244 g/mol. The quantitative estimate of drug-likeness (QED) is 0.868. The smallest absolute Gasteiger partial charge is 0.337 e. The van der Waals surface area contributed by atoms with Gasteiger partial charge >= 0.3 is 5.97 Å². The van der Waals surface area contributed by atoms with Gasteiger partial charge in [0.2, 0.25) is 0 Å². The third-order valence-corrected chi connectivity index (χ3v) is 4.35. The number of carboxylic acid groups (broad SMARTS) is 1. The highest BCUT2D eigenvalue weighted by atomic mass is 32.1. The SMILES string of the molecule is CC(C)(C)c1cc(C(=O)O)c(-c2ccccc2)s1. The lowest BCUT2D eigenvalue weighted by atomic mass is 9.94. The first-order chi connectivity index (χ1) is 8.39. The maximum absolute atomic E-state index is 11.3. The van der Waals surface area contributed by atoms with Crippen molar-refractivity contribution in [2.45, 2.75) is 26.2 Å². The van der Waals surface area contributed by atoms with Crippen molar-refractivity contribution < 1.29 is 9.90 Å². The van der Waals surface area contributed by atoms with Crippen LogP contribution >= 0.6 is 11.3 Å². The number of carbonyl (C=O) groups is 1. The van der Waals surface area contributed by atoms with Crippen LogP contribution in [0.2, 0.25) is 0 Å². The van der Waals surface area contributed by atoms with Crippen molar-refractivity contribution in [2.75, 3.05) is 0 Å². The Balaban J connectivity index is 2.60. The number of hydrogen-bond donors (Lipinski definition) is 1. The van der Waals surface area contributed by atoms with Crippen LogP contribution in [0.3, 0.4) is 0 Å². The Morgan fingerprint density at radius 1 is 1.17 bits per heavy atom. The molecule has 1 N–H and O–H groups in total. The number of aromatic carboxylic acids is 1. The van der Waals surface area contributed by atoms with E-state index < -0.39 is 5.97 Å². The average molecular weight is 260 g/mol. The third kappa shape index (κ3) is 2.46. The summed E-state index contributed by atoms with van der Waals surface area (Å²) in [7, 11) is 0. The summed E-state index contributed by atoms with van der Waals surface area (Å²) in [4.78, 5) is 13.3. The second-order valence-corrected chi connectivity index (χ2v) is 6.33. The predicted molar refractivity (Wildman–Crippen MR) is 75.4 cm³/mol. The molecule has 0 fully saturated rings. The Labute approximate surface area is 111 Å². The summed E-state index contributed by atoms with van der Waals surface area (Å²) in [5.41, 5.74) is 1.34. The Hall–Kier alpha value is -1.61. The lowest BCUT2D eigenvalue weighted by Gasteiger charge is -2.15. The summed E-state index contributed by atoms with van der Waals surface area (Å²) in [5, 5.41) is 9.31. The van der Waals surface area contributed by atoms with Crippen molar-refractivity contribution in [3.05, 3.63) is 46.8 Å². The normalized spacial score (nSPS) is 11.5.